The van der Waals surface area contributed by atoms with Crippen LogP contribution in [0.25, 0.3) is 0 Å². The van der Waals surface area contributed by atoms with E-state index < -0.39 is 12.1 Å². The standard InChI is InChI=1S/C14H28O4/c1-13(2,9-12(17)18)10-14(3,4)11(16)7-5-6-8-15/h11,15-16H,5-10H2,1-4H3,(H,17,18). The van der Waals surface area contributed by atoms with Crippen LogP contribution in [0.2, 0.25) is 0 Å². The molecule has 1 atom stereocenters. The van der Waals surface area contributed by atoms with Crippen molar-refractivity contribution >= 4 is 5.97 Å². The normalized spacial score (nSPS) is 14.6. The number of aliphatic carboxylic acids is 1. The van der Waals surface area contributed by atoms with Crippen molar-refractivity contribution in [2.75, 3.05) is 6.61 Å². The first-order valence-electron chi connectivity index (χ1n) is 6.61. The number of hydrogen-bond donors (Lipinski definition) is 3. The molecule has 108 valence electrons. The summed E-state index contributed by atoms with van der Waals surface area (Å²) in [5.74, 6) is -0.800. The fourth-order valence-electron chi connectivity index (χ4n) is 2.66. The average molecular weight is 260 g/mol. The fraction of sp³-hybridized carbons (Fsp3) is 0.929. The van der Waals surface area contributed by atoms with Gasteiger partial charge in [0.25, 0.3) is 0 Å². The maximum Gasteiger partial charge on any atom is 0.303 e. The van der Waals surface area contributed by atoms with E-state index in [0.717, 1.165) is 6.42 Å². The molecule has 18 heavy (non-hydrogen) atoms. The summed E-state index contributed by atoms with van der Waals surface area (Å²) in [6.45, 7) is 7.94. The van der Waals surface area contributed by atoms with Gasteiger partial charge in [0.2, 0.25) is 0 Å². The molecule has 0 amide bonds. The minimum absolute atomic E-state index is 0.111. The van der Waals surface area contributed by atoms with Crippen LogP contribution in [0.1, 0.15) is 59.8 Å². The Hall–Kier alpha value is -0.610. The third-order valence-electron chi connectivity index (χ3n) is 3.35. The highest BCUT2D eigenvalue weighted by molar-refractivity contribution is 5.67. The van der Waals surface area contributed by atoms with Gasteiger partial charge < -0.3 is 15.3 Å². The zero-order chi connectivity index (χ0) is 14.4. The van der Waals surface area contributed by atoms with Gasteiger partial charge in [-0.15, -0.1) is 0 Å². The van der Waals surface area contributed by atoms with Crippen LogP contribution in [0.5, 0.6) is 0 Å². The highest BCUT2D eigenvalue weighted by atomic mass is 16.4. The smallest absolute Gasteiger partial charge is 0.303 e. The van der Waals surface area contributed by atoms with Gasteiger partial charge in [-0.05, 0) is 36.5 Å². The van der Waals surface area contributed by atoms with Gasteiger partial charge in [0, 0.05) is 6.61 Å². The molecule has 0 radical (unpaired) electrons. The van der Waals surface area contributed by atoms with Gasteiger partial charge in [-0.3, -0.25) is 4.79 Å². The molecule has 0 aromatic heterocycles. The second kappa shape index (κ2) is 7.10. The van der Waals surface area contributed by atoms with Crippen LogP contribution >= 0.6 is 0 Å². The lowest BCUT2D eigenvalue weighted by Crippen LogP contribution is -2.35. The Morgan fingerprint density at radius 2 is 1.72 bits per heavy atom. The molecule has 0 saturated heterocycles. The largest absolute Gasteiger partial charge is 0.481 e. The van der Waals surface area contributed by atoms with Gasteiger partial charge in [0.15, 0.2) is 0 Å². The summed E-state index contributed by atoms with van der Waals surface area (Å²) in [5.41, 5.74) is -0.637. The third kappa shape index (κ3) is 6.97. The Balaban J connectivity index is 4.38. The van der Waals surface area contributed by atoms with Crippen LogP contribution in [-0.2, 0) is 4.79 Å². The first-order valence-corrected chi connectivity index (χ1v) is 6.61. The summed E-state index contributed by atoms with van der Waals surface area (Å²) in [6, 6.07) is 0. The van der Waals surface area contributed by atoms with E-state index in [4.69, 9.17) is 10.2 Å². The molecule has 0 saturated carbocycles. The number of aliphatic hydroxyl groups excluding tert-OH is 2. The summed E-state index contributed by atoms with van der Waals surface area (Å²) >= 11 is 0. The molecule has 3 N–H and O–H groups in total. The summed E-state index contributed by atoms with van der Waals surface area (Å²) < 4.78 is 0. The number of hydrogen-bond acceptors (Lipinski definition) is 3. The van der Waals surface area contributed by atoms with Gasteiger partial charge in [-0.25, -0.2) is 0 Å². The van der Waals surface area contributed by atoms with Crippen molar-refractivity contribution in [1.29, 1.82) is 0 Å². The van der Waals surface area contributed by atoms with E-state index >= 15 is 0 Å². The van der Waals surface area contributed by atoms with Crippen molar-refractivity contribution < 1.29 is 20.1 Å². The molecule has 0 aliphatic carbocycles. The molecular formula is C14H28O4. The average Bonchev–Trinajstić information content (AvgIpc) is 2.13. The van der Waals surface area contributed by atoms with E-state index in [1.165, 1.54) is 0 Å². The van der Waals surface area contributed by atoms with Crippen LogP contribution in [0.3, 0.4) is 0 Å². The number of carbonyl (C=O) groups is 1. The van der Waals surface area contributed by atoms with E-state index in [0.29, 0.717) is 19.3 Å². The molecule has 0 aromatic carbocycles. The Kier molecular flexibility index (Phi) is 6.86. The minimum atomic E-state index is -0.800. The lowest BCUT2D eigenvalue weighted by Gasteiger charge is -2.37. The van der Waals surface area contributed by atoms with E-state index in [2.05, 4.69) is 0 Å². The summed E-state index contributed by atoms with van der Waals surface area (Å²) in [5, 5.41) is 27.8. The monoisotopic (exact) mass is 260 g/mol. The van der Waals surface area contributed by atoms with Crippen LogP contribution in [0.4, 0.5) is 0 Å². The van der Waals surface area contributed by atoms with Crippen molar-refractivity contribution in [3.05, 3.63) is 0 Å². The summed E-state index contributed by atoms with van der Waals surface area (Å²) in [4.78, 5) is 10.8. The topological polar surface area (TPSA) is 77.8 Å². The number of aliphatic hydroxyl groups is 2. The highest BCUT2D eigenvalue weighted by Crippen LogP contribution is 2.39. The molecule has 0 rings (SSSR count). The maximum absolute atomic E-state index is 10.8. The number of rotatable bonds is 9. The molecule has 0 aliphatic rings. The van der Waals surface area contributed by atoms with Gasteiger partial charge >= 0.3 is 5.97 Å². The van der Waals surface area contributed by atoms with Crippen LogP contribution in [-0.4, -0.2) is 34.0 Å². The highest BCUT2D eigenvalue weighted by Gasteiger charge is 2.35. The van der Waals surface area contributed by atoms with Crippen molar-refractivity contribution in [3.63, 3.8) is 0 Å². The van der Waals surface area contributed by atoms with Crippen molar-refractivity contribution in [2.24, 2.45) is 10.8 Å². The molecule has 0 spiro atoms. The van der Waals surface area contributed by atoms with Crippen LogP contribution < -0.4 is 0 Å². The zero-order valence-electron chi connectivity index (χ0n) is 12.1. The molecule has 4 heteroatoms. The molecule has 0 fully saturated rings. The second-order valence-corrected chi connectivity index (χ2v) is 6.64. The first kappa shape index (κ1) is 17.4. The molecule has 0 heterocycles. The lowest BCUT2D eigenvalue weighted by atomic mass is 9.70. The zero-order valence-corrected chi connectivity index (χ0v) is 12.1. The van der Waals surface area contributed by atoms with Crippen molar-refractivity contribution in [2.45, 2.75) is 65.9 Å². The summed E-state index contributed by atoms with van der Waals surface area (Å²) in [7, 11) is 0. The van der Waals surface area contributed by atoms with E-state index in [1.807, 2.05) is 27.7 Å². The lowest BCUT2D eigenvalue weighted by molar-refractivity contribution is -0.140. The van der Waals surface area contributed by atoms with E-state index in [9.17, 15) is 9.90 Å². The van der Waals surface area contributed by atoms with Crippen LogP contribution in [0, 0.1) is 10.8 Å². The van der Waals surface area contributed by atoms with Crippen molar-refractivity contribution in [1.82, 2.24) is 0 Å². The van der Waals surface area contributed by atoms with E-state index in [-0.39, 0.29) is 23.9 Å². The number of carboxylic acid groups (broad SMARTS) is 1. The molecule has 0 bridgehead atoms. The first-order chi connectivity index (χ1) is 8.10. The van der Waals surface area contributed by atoms with E-state index in [1.54, 1.807) is 0 Å². The van der Waals surface area contributed by atoms with Gasteiger partial charge in [-0.2, -0.15) is 0 Å². The van der Waals surface area contributed by atoms with Gasteiger partial charge in [-0.1, -0.05) is 27.7 Å². The SMILES string of the molecule is CC(C)(CC(=O)O)CC(C)(C)C(O)CCCCO. The molecule has 4 nitrogen and oxygen atoms in total. The molecule has 1 unspecified atom stereocenters. The van der Waals surface area contributed by atoms with Crippen molar-refractivity contribution in [3.8, 4) is 0 Å². The van der Waals surface area contributed by atoms with Gasteiger partial charge in [0.1, 0.15) is 0 Å². The molecule has 0 aliphatic heterocycles. The Morgan fingerprint density at radius 1 is 1.17 bits per heavy atom. The maximum atomic E-state index is 10.8. The Labute approximate surface area is 110 Å². The number of unbranched alkanes of at least 4 members (excludes halogenated alkanes) is 1. The fourth-order valence-corrected chi connectivity index (χ4v) is 2.66. The molecular weight excluding hydrogens is 232 g/mol. The predicted molar refractivity (Wildman–Crippen MR) is 71.4 cm³/mol. The minimum Gasteiger partial charge on any atom is -0.481 e. The van der Waals surface area contributed by atoms with Crippen LogP contribution in [0.15, 0.2) is 0 Å². The quantitative estimate of drug-likeness (QED) is 0.556. The third-order valence-corrected chi connectivity index (χ3v) is 3.35. The molecule has 0 aromatic rings. The second-order valence-electron chi connectivity index (χ2n) is 6.64. The Morgan fingerprint density at radius 3 is 2.17 bits per heavy atom. The predicted octanol–water partition coefficient (Wildman–Crippen LogP) is 2.43. The Bertz CT molecular complexity index is 259. The number of carboxylic acids is 1. The summed E-state index contributed by atoms with van der Waals surface area (Å²) in [6.07, 6.45) is 2.45. The van der Waals surface area contributed by atoms with Gasteiger partial charge in [0.05, 0.1) is 12.5 Å².